The first-order chi connectivity index (χ1) is 14.1. The number of rotatable bonds is 12. The molecule has 1 N–H and O–H groups in total. The van der Waals surface area contributed by atoms with Gasteiger partial charge in [0, 0.05) is 13.5 Å². The monoisotopic (exact) mass is 401 g/mol. The second-order valence-corrected chi connectivity index (χ2v) is 6.31. The third-order valence-corrected chi connectivity index (χ3v) is 4.07. The predicted octanol–water partition coefficient (Wildman–Crippen LogP) is 2.13. The Balaban J connectivity index is 1.94. The number of nitrogens with one attached hydrogen (secondary N) is 1. The lowest BCUT2D eigenvalue weighted by atomic mass is 10.1. The average molecular weight is 401 g/mol. The standard InChI is InChI=1S/C22H27NO6/c1-26-11-12-28-16-21(24)23-20(22(25)27-2)14-18-9-6-10-19(13-18)29-15-17-7-4-3-5-8-17/h3-10,13,20H,11-12,14-16H2,1-2H3,(H,23,24)/t20-/m0/s1. The van der Waals surface area contributed by atoms with Crippen LogP contribution >= 0.6 is 0 Å². The molecule has 0 spiro atoms. The van der Waals surface area contributed by atoms with Crippen molar-refractivity contribution in [1.29, 1.82) is 0 Å². The van der Waals surface area contributed by atoms with Crippen LogP contribution in [-0.2, 0) is 36.8 Å². The van der Waals surface area contributed by atoms with Crippen molar-refractivity contribution in [2.75, 3.05) is 34.0 Å². The van der Waals surface area contributed by atoms with E-state index in [-0.39, 0.29) is 13.0 Å². The molecule has 0 aliphatic heterocycles. The zero-order valence-corrected chi connectivity index (χ0v) is 16.8. The highest BCUT2D eigenvalue weighted by Gasteiger charge is 2.22. The van der Waals surface area contributed by atoms with Gasteiger partial charge in [-0.15, -0.1) is 0 Å². The van der Waals surface area contributed by atoms with E-state index in [0.717, 1.165) is 11.1 Å². The molecule has 2 aromatic rings. The lowest BCUT2D eigenvalue weighted by Gasteiger charge is -2.17. The van der Waals surface area contributed by atoms with Crippen molar-refractivity contribution in [2.24, 2.45) is 0 Å². The van der Waals surface area contributed by atoms with Gasteiger partial charge in [0.1, 0.15) is 25.0 Å². The maximum absolute atomic E-state index is 12.1. The number of ether oxygens (including phenoxy) is 4. The highest BCUT2D eigenvalue weighted by molar-refractivity contribution is 5.85. The summed E-state index contributed by atoms with van der Waals surface area (Å²) >= 11 is 0. The van der Waals surface area contributed by atoms with Gasteiger partial charge in [0.2, 0.25) is 5.91 Å². The second kappa shape index (κ2) is 12.5. The first-order valence-corrected chi connectivity index (χ1v) is 9.32. The van der Waals surface area contributed by atoms with Crippen LogP contribution in [-0.4, -0.2) is 52.0 Å². The molecule has 0 saturated carbocycles. The van der Waals surface area contributed by atoms with Crippen LogP contribution in [0.3, 0.4) is 0 Å². The van der Waals surface area contributed by atoms with E-state index in [1.807, 2.05) is 54.6 Å². The highest BCUT2D eigenvalue weighted by atomic mass is 16.5. The van der Waals surface area contributed by atoms with Crippen molar-refractivity contribution < 1.29 is 28.5 Å². The molecule has 0 fully saturated rings. The van der Waals surface area contributed by atoms with Crippen LogP contribution in [0.5, 0.6) is 5.75 Å². The van der Waals surface area contributed by atoms with Gasteiger partial charge in [0.15, 0.2) is 0 Å². The van der Waals surface area contributed by atoms with E-state index in [4.69, 9.17) is 18.9 Å². The molecule has 0 aromatic heterocycles. The summed E-state index contributed by atoms with van der Waals surface area (Å²) in [5.41, 5.74) is 1.90. The summed E-state index contributed by atoms with van der Waals surface area (Å²) in [6.45, 7) is 0.981. The van der Waals surface area contributed by atoms with Gasteiger partial charge >= 0.3 is 5.97 Å². The predicted molar refractivity (Wildman–Crippen MR) is 108 cm³/mol. The largest absolute Gasteiger partial charge is 0.489 e. The van der Waals surface area contributed by atoms with Crippen molar-refractivity contribution in [2.45, 2.75) is 19.1 Å². The number of hydrogen-bond donors (Lipinski definition) is 1. The molecule has 1 amide bonds. The van der Waals surface area contributed by atoms with Crippen LogP contribution in [0, 0.1) is 0 Å². The third-order valence-electron chi connectivity index (χ3n) is 4.07. The van der Waals surface area contributed by atoms with Gasteiger partial charge in [-0.25, -0.2) is 4.79 Å². The molecule has 0 heterocycles. The molecule has 7 nitrogen and oxygen atoms in total. The summed E-state index contributed by atoms with van der Waals surface area (Å²) in [5, 5.41) is 2.65. The van der Waals surface area contributed by atoms with Gasteiger partial charge in [-0.1, -0.05) is 42.5 Å². The Morgan fingerprint density at radius 1 is 0.966 bits per heavy atom. The van der Waals surface area contributed by atoms with E-state index >= 15 is 0 Å². The Bertz CT molecular complexity index is 765. The number of hydrogen-bond acceptors (Lipinski definition) is 6. The molecular weight excluding hydrogens is 374 g/mol. The van der Waals surface area contributed by atoms with E-state index < -0.39 is 17.9 Å². The number of methoxy groups -OCH3 is 2. The minimum absolute atomic E-state index is 0.156. The summed E-state index contributed by atoms with van der Waals surface area (Å²) in [6, 6.07) is 16.4. The molecular formula is C22H27NO6. The number of carbonyl (C=O) groups excluding carboxylic acids is 2. The Morgan fingerprint density at radius 3 is 2.45 bits per heavy atom. The molecule has 2 aromatic carbocycles. The van der Waals surface area contributed by atoms with E-state index in [2.05, 4.69) is 5.32 Å². The summed E-state index contributed by atoms with van der Waals surface area (Å²) in [6.07, 6.45) is 0.277. The summed E-state index contributed by atoms with van der Waals surface area (Å²) < 4.78 is 20.7. The van der Waals surface area contributed by atoms with Gasteiger partial charge in [-0.3, -0.25) is 4.79 Å². The van der Waals surface area contributed by atoms with Gasteiger partial charge in [-0.05, 0) is 23.3 Å². The maximum atomic E-state index is 12.1. The smallest absolute Gasteiger partial charge is 0.328 e. The quantitative estimate of drug-likeness (QED) is 0.433. The molecule has 0 unspecified atom stereocenters. The van der Waals surface area contributed by atoms with Crippen LogP contribution in [0.1, 0.15) is 11.1 Å². The van der Waals surface area contributed by atoms with E-state index in [9.17, 15) is 9.59 Å². The SMILES string of the molecule is COCCOCC(=O)N[C@@H](Cc1cccc(OCc2ccccc2)c1)C(=O)OC. The Labute approximate surface area is 170 Å². The van der Waals surface area contributed by atoms with Crippen molar-refractivity contribution in [1.82, 2.24) is 5.32 Å². The second-order valence-electron chi connectivity index (χ2n) is 6.31. The fraction of sp³-hybridized carbons (Fsp3) is 0.364. The van der Waals surface area contributed by atoms with E-state index in [1.54, 1.807) is 7.11 Å². The van der Waals surface area contributed by atoms with Crippen LogP contribution in [0.25, 0.3) is 0 Å². The van der Waals surface area contributed by atoms with Crippen LogP contribution in [0.2, 0.25) is 0 Å². The molecule has 0 bridgehead atoms. The minimum atomic E-state index is -0.817. The maximum Gasteiger partial charge on any atom is 0.328 e. The summed E-state index contributed by atoms with van der Waals surface area (Å²) in [7, 11) is 2.84. The van der Waals surface area contributed by atoms with E-state index in [0.29, 0.717) is 25.6 Å². The molecule has 0 aliphatic rings. The first-order valence-electron chi connectivity index (χ1n) is 9.32. The van der Waals surface area contributed by atoms with Crippen LogP contribution in [0.15, 0.2) is 54.6 Å². The Kier molecular flexibility index (Phi) is 9.68. The molecule has 156 valence electrons. The third kappa shape index (κ3) is 8.33. The topological polar surface area (TPSA) is 83.1 Å². The molecule has 0 radical (unpaired) electrons. The van der Waals surface area contributed by atoms with Crippen molar-refractivity contribution in [3.8, 4) is 5.75 Å². The van der Waals surface area contributed by atoms with Crippen molar-refractivity contribution >= 4 is 11.9 Å². The van der Waals surface area contributed by atoms with Crippen molar-refractivity contribution in [3.63, 3.8) is 0 Å². The molecule has 0 aliphatic carbocycles. The number of benzene rings is 2. The van der Waals surface area contributed by atoms with Crippen molar-refractivity contribution in [3.05, 3.63) is 65.7 Å². The Hall–Kier alpha value is -2.90. The van der Waals surface area contributed by atoms with Crippen LogP contribution in [0.4, 0.5) is 0 Å². The molecule has 1 atom stereocenters. The zero-order valence-electron chi connectivity index (χ0n) is 16.8. The molecule has 2 rings (SSSR count). The lowest BCUT2D eigenvalue weighted by Crippen LogP contribution is -2.44. The molecule has 0 saturated heterocycles. The average Bonchev–Trinajstić information content (AvgIpc) is 2.75. The first kappa shape index (κ1) is 22.4. The molecule has 29 heavy (non-hydrogen) atoms. The van der Waals surface area contributed by atoms with Gasteiger partial charge in [0.25, 0.3) is 0 Å². The molecule has 7 heteroatoms. The number of carbonyl (C=O) groups is 2. The summed E-state index contributed by atoms with van der Waals surface area (Å²) in [5.74, 6) is -0.233. The zero-order chi connectivity index (χ0) is 20.9. The fourth-order valence-electron chi connectivity index (χ4n) is 2.62. The van der Waals surface area contributed by atoms with Gasteiger partial charge < -0.3 is 24.3 Å². The highest BCUT2D eigenvalue weighted by Crippen LogP contribution is 2.17. The normalized spacial score (nSPS) is 11.5. The van der Waals surface area contributed by atoms with E-state index in [1.165, 1.54) is 7.11 Å². The van der Waals surface area contributed by atoms with Crippen LogP contribution < -0.4 is 10.1 Å². The van der Waals surface area contributed by atoms with Gasteiger partial charge in [-0.2, -0.15) is 0 Å². The lowest BCUT2D eigenvalue weighted by molar-refractivity contribution is -0.145. The number of amides is 1. The number of esters is 1. The fourth-order valence-corrected chi connectivity index (χ4v) is 2.62. The van der Waals surface area contributed by atoms with Gasteiger partial charge in [0.05, 0.1) is 20.3 Å². The Morgan fingerprint density at radius 2 is 1.72 bits per heavy atom. The summed E-state index contributed by atoms with van der Waals surface area (Å²) in [4.78, 5) is 24.1. The minimum Gasteiger partial charge on any atom is -0.489 e.